The zero-order chi connectivity index (χ0) is 24.5. The average Bonchev–Trinajstić information content (AvgIpc) is 3.00. The summed E-state index contributed by atoms with van der Waals surface area (Å²) in [6.07, 6.45) is 0. The maximum Gasteiger partial charge on any atom is 0.268 e. The molecule has 174 valence electrons. The van der Waals surface area contributed by atoms with Gasteiger partial charge in [0, 0.05) is 16.8 Å². The Hall–Kier alpha value is -3.91. The van der Waals surface area contributed by atoms with Crippen molar-refractivity contribution >= 4 is 32.4 Å². The number of amides is 2. The quantitative estimate of drug-likeness (QED) is 0.571. The number of hydrogen-bond donors (Lipinski definition) is 1. The van der Waals surface area contributed by atoms with Gasteiger partial charge in [-0.2, -0.15) is 0 Å². The van der Waals surface area contributed by atoms with Gasteiger partial charge in [0.1, 0.15) is 10.7 Å². The van der Waals surface area contributed by atoms with E-state index in [4.69, 9.17) is 4.74 Å². The van der Waals surface area contributed by atoms with Crippen LogP contribution in [0, 0.1) is 6.92 Å². The minimum atomic E-state index is -4.02. The topological polar surface area (TPSA) is 92.8 Å². The van der Waals surface area contributed by atoms with Crippen molar-refractivity contribution in [3.63, 3.8) is 0 Å². The number of sulfonamides is 1. The van der Waals surface area contributed by atoms with E-state index in [0.29, 0.717) is 28.1 Å². The van der Waals surface area contributed by atoms with Crippen LogP contribution in [0.4, 0.5) is 5.69 Å². The van der Waals surface area contributed by atoms with Crippen LogP contribution >= 0.6 is 0 Å². The molecule has 2 amide bonds. The van der Waals surface area contributed by atoms with Crippen LogP contribution in [0.25, 0.3) is 4.91 Å². The molecule has 1 aliphatic heterocycles. The predicted molar refractivity (Wildman–Crippen MR) is 131 cm³/mol. The number of rotatable bonds is 6. The molecule has 3 aromatic carbocycles. The molecule has 0 spiro atoms. The molecule has 0 fully saturated rings. The molecule has 0 radical (unpaired) electrons. The summed E-state index contributed by atoms with van der Waals surface area (Å²) in [5, 5.41) is 2.82. The van der Waals surface area contributed by atoms with Gasteiger partial charge in [-0.1, -0.05) is 29.8 Å². The number of aryl methyl sites for hydroxylation is 1. The molecule has 3 aromatic rings. The highest BCUT2D eigenvalue weighted by Crippen LogP contribution is 2.37. The summed E-state index contributed by atoms with van der Waals surface area (Å²) in [7, 11) is -2.50. The van der Waals surface area contributed by atoms with Gasteiger partial charge in [-0.3, -0.25) is 9.59 Å². The molecule has 0 unspecified atom stereocenters. The SMILES string of the molecule is COc1ccc(C2=C(C)C(=O)N(Cc3ccc(C(=O)Nc4ccc(C)cc4)cc3)S2(=O)=O)cc1. The lowest BCUT2D eigenvalue weighted by molar-refractivity contribution is -0.122. The first-order chi connectivity index (χ1) is 16.2. The Morgan fingerprint density at radius 3 is 2.12 bits per heavy atom. The number of nitrogens with one attached hydrogen (secondary N) is 1. The number of carbonyl (C=O) groups excluding carboxylic acids is 2. The molecule has 0 aliphatic carbocycles. The van der Waals surface area contributed by atoms with Crippen LogP contribution < -0.4 is 10.1 Å². The largest absolute Gasteiger partial charge is 0.497 e. The molecule has 0 bridgehead atoms. The molecule has 0 saturated heterocycles. The summed E-state index contributed by atoms with van der Waals surface area (Å²) in [6.45, 7) is 3.35. The number of anilines is 1. The molecule has 4 rings (SSSR count). The summed E-state index contributed by atoms with van der Waals surface area (Å²) in [4.78, 5) is 25.3. The Labute approximate surface area is 198 Å². The molecule has 0 atom stereocenters. The van der Waals surface area contributed by atoms with Gasteiger partial charge in [0.2, 0.25) is 0 Å². The van der Waals surface area contributed by atoms with E-state index in [1.807, 2.05) is 31.2 Å². The van der Waals surface area contributed by atoms with E-state index in [2.05, 4.69) is 5.32 Å². The molecule has 0 aromatic heterocycles. The fourth-order valence-electron chi connectivity index (χ4n) is 3.73. The Bertz CT molecular complexity index is 1370. The van der Waals surface area contributed by atoms with E-state index in [1.54, 1.807) is 48.5 Å². The van der Waals surface area contributed by atoms with E-state index in [0.717, 1.165) is 9.87 Å². The first kappa shape index (κ1) is 23.3. The fraction of sp³-hybridized carbons (Fsp3) is 0.154. The monoisotopic (exact) mass is 476 g/mol. The lowest BCUT2D eigenvalue weighted by Crippen LogP contribution is -2.30. The Morgan fingerprint density at radius 2 is 1.53 bits per heavy atom. The molecular formula is C26H24N2O5S. The zero-order valence-corrected chi connectivity index (χ0v) is 19.8. The molecule has 8 heteroatoms. The highest BCUT2D eigenvalue weighted by atomic mass is 32.2. The van der Waals surface area contributed by atoms with Crippen LogP contribution in [0.5, 0.6) is 5.75 Å². The predicted octanol–water partition coefficient (Wildman–Crippen LogP) is 4.36. The highest BCUT2D eigenvalue weighted by Gasteiger charge is 2.42. The van der Waals surface area contributed by atoms with Gasteiger partial charge in [-0.25, -0.2) is 12.7 Å². The maximum atomic E-state index is 13.2. The lowest BCUT2D eigenvalue weighted by atomic mass is 10.1. The van der Waals surface area contributed by atoms with Crippen molar-refractivity contribution in [1.29, 1.82) is 0 Å². The van der Waals surface area contributed by atoms with Gasteiger partial charge >= 0.3 is 0 Å². The van der Waals surface area contributed by atoms with E-state index in [-0.39, 0.29) is 22.9 Å². The van der Waals surface area contributed by atoms with Crippen molar-refractivity contribution in [1.82, 2.24) is 4.31 Å². The third-order valence-corrected chi connectivity index (χ3v) is 7.57. The van der Waals surface area contributed by atoms with Crippen LogP contribution in [0.15, 0.2) is 78.4 Å². The van der Waals surface area contributed by atoms with Crippen molar-refractivity contribution in [3.8, 4) is 5.75 Å². The maximum absolute atomic E-state index is 13.2. The van der Waals surface area contributed by atoms with Gasteiger partial charge in [-0.15, -0.1) is 0 Å². The van der Waals surface area contributed by atoms with Crippen LogP contribution in [0.1, 0.15) is 34.0 Å². The summed E-state index contributed by atoms with van der Waals surface area (Å²) in [6, 6.07) is 20.5. The Balaban J connectivity index is 1.50. The van der Waals surface area contributed by atoms with Crippen molar-refractivity contribution in [2.75, 3.05) is 12.4 Å². The number of nitrogens with zero attached hydrogens (tertiary/aromatic N) is 1. The van der Waals surface area contributed by atoms with Gasteiger partial charge in [0.25, 0.3) is 21.8 Å². The van der Waals surface area contributed by atoms with Gasteiger partial charge in [0.15, 0.2) is 0 Å². The smallest absolute Gasteiger partial charge is 0.268 e. The fourth-order valence-corrected chi connectivity index (χ4v) is 5.53. The first-order valence-corrected chi connectivity index (χ1v) is 12.0. The van der Waals surface area contributed by atoms with E-state index < -0.39 is 15.9 Å². The lowest BCUT2D eigenvalue weighted by Gasteiger charge is -2.17. The van der Waals surface area contributed by atoms with Crippen molar-refractivity contribution in [2.24, 2.45) is 0 Å². The van der Waals surface area contributed by atoms with Gasteiger partial charge < -0.3 is 10.1 Å². The first-order valence-electron chi connectivity index (χ1n) is 10.6. The van der Waals surface area contributed by atoms with Crippen LogP contribution in [-0.2, 0) is 21.4 Å². The normalized spacial score (nSPS) is 14.9. The Kier molecular flexibility index (Phi) is 6.26. The zero-order valence-electron chi connectivity index (χ0n) is 19.0. The molecular weight excluding hydrogens is 452 g/mol. The van der Waals surface area contributed by atoms with Crippen molar-refractivity contribution in [3.05, 3.63) is 101 Å². The molecule has 1 heterocycles. The second kappa shape index (κ2) is 9.15. The number of ether oxygens (including phenoxy) is 1. The summed E-state index contributed by atoms with van der Waals surface area (Å²) in [5.41, 5.74) is 3.38. The summed E-state index contributed by atoms with van der Waals surface area (Å²) >= 11 is 0. The van der Waals surface area contributed by atoms with Gasteiger partial charge in [0.05, 0.1) is 13.7 Å². The minimum Gasteiger partial charge on any atom is -0.497 e. The number of carbonyl (C=O) groups is 2. The third-order valence-electron chi connectivity index (χ3n) is 5.64. The van der Waals surface area contributed by atoms with Crippen LogP contribution in [-0.4, -0.2) is 31.6 Å². The Morgan fingerprint density at radius 1 is 0.912 bits per heavy atom. The second-order valence-corrected chi connectivity index (χ2v) is 9.82. The second-order valence-electron chi connectivity index (χ2n) is 8.02. The van der Waals surface area contributed by atoms with Crippen LogP contribution in [0.2, 0.25) is 0 Å². The minimum absolute atomic E-state index is 0.00533. The third kappa shape index (κ3) is 4.45. The molecule has 7 nitrogen and oxygen atoms in total. The van der Waals surface area contributed by atoms with E-state index in [1.165, 1.54) is 14.0 Å². The highest BCUT2D eigenvalue weighted by molar-refractivity contribution is 7.99. The van der Waals surface area contributed by atoms with E-state index in [9.17, 15) is 18.0 Å². The van der Waals surface area contributed by atoms with Crippen molar-refractivity contribution in [2.45, 2.75) is 20.4 Å². The summed E-state index contributed by atoms with van der Waals surface area (Å²) < 4.78 is 32.4. The summed E-state index contributed by atoms with van der Waals surface area (Å²) in [5.74, 6) is -0.251. The van der Waals surface area contributed by atoms with Gasteiger partial charge in [-0.05, 0) is 73.5 Å². The van der Waals surface area contributed by atoms with E-state index >= 15 is 0 Å². The molecule has 1 N–H and O–H groups in total. The molecule has 34 heavy (non-hydrogen) atoms. The molecule has 0 saturated carbocycles. The average molecular weight is 477 g/mol. The number of methoxy groups -OCH3 is 1. The number of benzene rings is 3. The van der Waals surface area contributed by atoms with Crippen molar-refractivity contribution < 1.29 is 22.7 Å². The number of hydrogen-bond acceptors (Lipinski definition) is 5. The standard InChI is InChI=1S/C26H24N2O5S/c1-17-4-12-22(13-5-17)27-25(29)21-8-6-19(7-9-21)16-28-26(30)18(2)24(34(28,31)32)20-10-14-23(33-3)15-11-20/h4-15H,16H2,1-3H3,(H,27,29). The van der Waals surface area contributed by atoms with Crippen LogP contribution in [0.3, 0.4) is 0 Å². The molecule has 1 aliphatic rings.